The van der Waals surface area contributed by atoms with E-state index in [-0.39, 0.29) is 0 Å². The Morgan fingerprint density at radius 3 is 2.24 bits per heavy atom. The molecular formula is C13H15NO3. The SMILES string of the molecule is C=Cc1ccc(C(=O)NC(C)(C)C(=O)O)cc1. The van der Waals surface area contributed by atoms with Gasteiger partial charge in [-0.1, -0.05) is 24.8 Å². The minimum atomic E-state index is -1.28. The lowest BCUT2D eigenvalue weighted by Crippen LogP contribution is -2.49. The third-order valence-electron chi connectivity index (χ3n) is 2.37. The van der Waals surface area contributed by atoms with Gasteiger partial charge in [0.15, 0.2) is 0 Å². The molecule has 0 radical (unpaired) electrons. The first-order valence-corrected chi connectivity index (χ1v) is 5.15. The first kappa shape index (κ1) is 13.0. The molecule has 0 saturated heterocycles. The van der Waals surface area contributed by atoms with Gasteiger partial charge in [-0.25, -0.2) is 4.79 Å². The third kappa shape index (κ3) is 3.17. The Bertz CT molecular complexity index is 446. The van der Waals surface area contributed by atoms with Crippen LogP contribution in [-0.2, 0) is 4.79 Å². The fourth-order valence-corrected chi connectivity index (χ4v) is 1.18. The van der Waals surface area contributed by atoms with Crippen LogP contribution in [0.1, 0.15) is 29.8 Å². The van der Waals surface area contributed by atoms with E-state index in [0.717, 1.165) is 5.56 Å². The Morgan fingerprint density at radius 2 is 1.82 bits per heavy atom. The van der Waals surface area contributed by atoms with Gasteiger partial charge in [0.2, 0.25) is 0 Å². The molecule has 0 heterocycles. The van der Waals surface area contributed by atoms with Gasteiger partial charge in [0.05, 0.1) is 0 Å². The van der Waals surface area contributed by atoms with Crippen molar-refractivity contribution in [2.45, 2.75) is 19.4 Å². The molecule has 90 valence electrons. The van der Waals surface area contributed by atoms with Crippen LogP contribution in [0.3, 0.4) is 0 Å². The molecule has 1 rings (SSSR count). The van der Waals surface area contributed by atoms with Crippen molar-refractivity contribution in [3.63, 3.8) is 0 Å². The van der Waals surface area contributed by atoms with Crippen molar-refractivity contribution in [1.29, 1.82) is 0 Å². The summed E-state index contributed by atoms with van der Waals surface area (Å²) in [7, 11) is 0. The predicted octanol–water partition coefficient (Wildman–Crippen LogP) is 1.92. The predicted molar refractivity (Wildman–Crippen MR) is 65.7 cm³/mol. The van der Waals surface area contributed by atoms with Crippen LogP contribution in [0.4, 0.5) is 0 Å². The fraction of sp³-hybridized carbons (Fsp3) is 0.231. The molecule has 1 aromatic rings. The van der Waals surface area contributed by atoms with Crippen molar-refractivity contribution in [2.75, 3.05) is 0 Å². The molecule has 0 atom stereocenters. The van der Waals surface area contributed by atoms with Gasteiger partial charge in [-0.05, 0) is 31.5 Å². The number of rotatable bonds is 4. The van der Waals surface area contributed by atoms with Crippen LogP contribution in [0.5, 0.6) is 0 Å². The second-order valence-electron chi connectivity index (χ2n) is 4.21. The minimum absolute atomic E-state index is 0.409. The average Bonchev–Trinajstić information content (AvgIpc) is 2.28. The monoisotopic (exact) mass is 233 g/mol. The van der Waals surface area contributed by atoms with E-state index in [1.807, 2.05) is 0 Å². The summed E-state index contributed by atoms with van der Waals surface area (Å²) >= 11 is 0. The number of nitrogens with one attached hydrogen (secondary N) is 1. The maximum absolute atomic E-state index is 11.8. The highest BCUT2D eigenvalue weighted by Crippen LogP contribution is 2.08. The molecule has 0 aliphatic heterocycles. The lowest BCUT2D eigenvalue weighted by atomic mass is 10.0. The van der Waals surface area contributed by atoms with Crippen LogP contribution in [0.2, 0.25) is 0 Å². The molecule has 4 heteroatoms. The van der Waals surface area contributed by atoms with Crippen molar-refractivity contribution < 1.29 is 14.7 Å². The zero-order chi connectivity index (χ0) is 13.1. The maximum Gasteiger partial charge on any atom is 0.328 e. The summed E-state index contributed by atoms with van der Waals surface area (Å²) in [5.41, 5.74) is 0.0396. The zero-order valence-electron chi connectivity index (χ0n) is 9.86. The quantitative estimate of drug-likeness (QED) is 0.835. The van der Waals surface area contributed by atoms with Gasteiger partial charge >= 0.3 is 5.97 Å². The third-order valence-corrected chi connectivity index (χ3v) is 2.37. The molecular weight excluding hydrogens is 218 g/mol. The van der Waals surface area contributed by atoms with Gasteiger partial charge in [0, 0.05) is 5.56 Å². The van der Waals surface area contributed by atoms with E-state index in [2.05, 4.69) is 11.9 Å². The van der Waals surface area contributed by atoms with E-state index in [0.29, 0.717) is 5.56 Å². The Morgan fingerprint density at radius 1 is 1.29 bits per heavy atom. The average molecular weight is 233 g/mol. The van der Waals surface area contributed by atoms with E-state index in [1.54, 1.807) is 30.3 Å². The van der Waals surface area contributed by atoms with Crippen molar-refractivity contribution in [3.8, 4) is 0 Å². The highest BCUT2D eigenvalue weighted by Gasteiger charge is 2.29. The van der Waals surface area contributed by atoms with Gasteiger partial charge in [0.25, 0.3) is 5.91 Å². The van der Waals surface area contributed by atoms with Gasteiger partial charge in [0.1, 0.15) is 5.54 Å². The molecule has 0 unspecified atom stereocenters. The van der Waals surface area contributed by atoms with Crippen LogP contribution in [-0.4, -0.2) is 22.5 Å². The first-order valence-electron chi connectivity index (χ1n) is 5.15. The van der Waals surface area contributed by atoms with Crippen LogP contribution >= 0.6 is 0 Å². The number of carbonyl (C=O) groups is 2. The molecule has 1 aromatic carbocycles. The van der Waals surface area contributed by atoms with Gasteiger partial charge in [-0.2, -0.15) is 0 Å². The number of hydrogen-bond acceptors (Lipinski definition) is 2. The minimum Gasteiger partial charge on any atom is -0.480 e. The topological polar surface area (TPSA) is 66.4 Å². The summed E-state index contributed by atoms with van der Waals surface area (Å²) in [5.74, 6) is -1.48. The summed E-state index contributed by atoms with van der Waals surface area (Å²) in [4.78, 5) is 22.6. The summed E-state index contributed by atoms with van der Waals surface area (Å²) in [5, 5.41) is 11.3. The lowest BCUT2D eigenvalue weighted by Gasteiger charge is -2.20. The lowest BCUT2D eigenvalue weighted by molar-refractivity contribution is -0.143. The smallest absolute Gasteiger partial charge is 0.328 e. The van der Waals surface area contributed by atoms with Gasteiger partial charge in [-0.3, -0.25) is 4.79 Å². The van der Waals surface area contributed by atoms with E-state index in [1.165, 1.54) is 13.8 Å². The summed E-state index contributed by atoms with van der Waals surface area (Å²) in [6.07, 6.45) is 1.67. The van der Waals surface area contributed by atoms with E-state index < -0.39 is 17.4 Å². The normalized spacial score (nSPS) is 10.7. The maximum atomic E-state index is 11.8. The van der Waals surface area contributed by atoms with Crippen LogP contribution in [0, 0.1) is 0 Å². The molecule has 0 spiro atoms. The van der Waals surface area contributed by atoms with Gasteiger partial charge < -0.3 is 10.4 Å². The Hall–Kier alpha value is -2.10. The standard InChI is InChI=1S/C13H15NO3/c1-4-9-5-7-10(8-6-9)11(15)14-13(2,3)12(16)17/h4-8H,1H2,2-3H3,(H,14,15)(H,16,17). The molecule has 17 heavy (non-hydrogen) atoms. The molecule has 0 bridgehead atoms. The van der Waals surface area contributed by atoms with Crippen LogP contribution < -0.4 is 5.32 Å². The zero-order valence-corrected chi connectivity index (χ0v) is 9.86. The highest BCUT2D eigenvalue weighted by molar-refractivity contribution is 5.97. The van der Waals surface area contributed by atoms with Crippen molar-refractivity contribution in [1.82, 2.24) is 5.32 Å². The number of benzene rings is 1. The molecule has 2 N–H and O–H groups in total. The Labute approximate surface area is 100.0 Å². The van der Waals surface area contributed by atoms with E-state index in [4.69, 9.17) is 5.11 Å². The largest absolute Gasteiger partial charge is 0.480 e. The number of amides is 1. The second-order valence-corrected chi connectivity index (χ2v) is 4.21. The van der Waals surface area contributed by atoms with Crippen molar-refractivity contribution in [2.24, 2.45) is 0 Å². The fourth-order valence-electron chi connectivity index (χ4n) is 1.18. The second kappa shape index (κ2) is 4.82. The van der Waals surface area contributed by atoms with E-state index >= 15 is 0 Å². The number of aliphatic carboxylic acids is 1. The number of hydrogen-bond donors (Lipinski definition) is 2. The number of carboxylic acids is 1. The summed E-state index contributed by atoms with van der Waals surface area (Å²) in [6.45, 7) is 6.48. The molecule has 4 nitrogen and oxygen atoms in total. The molecule has 0 aromatic heterocycles. The molecule has 0 aliphatic carbocycles. The van der Waals surface area contributed by atoms with Crippen molar-refractivity contribution in [3.05, 3.63) is 42.0 Å². The summed E-state index contributed by atoms with van der Waals surface area (Å²) in [6, 6.07) is 6.75. The van der Waals surface area contributed by atoms with Gasteiger partial charge in [-0.15, -0.1) is 0 Å². The Balaban J connectivity index is 2.83. The van der Waals surface area contributed by atoms with Crippen LogP contribution in [0.25, 0.3) is 6.08 Å². The molecule has 1 amide bonds. The molecule has 0 aliphatic rings. The summed E-state index contributed by atoms with van der Waals surface area (Å²) < 4.78 is 0. The van der Waals surface area contributed by atoms with Crippen LogP contribution in [0.15, 0.2) is 30.8 Å². The molecule has 0 fully saturated rings. The van der Waals surface area contributed by atoms with E-state index in [9.17, 15) is 9.59 Å². The number of carbonyl (C=O) groups excluding carboxylic acids is 1. The van der Waals surface area contributed by atoms with Crippen molar-refractivity contribution >= 4 is 18.0 Å². The molecule has 0 saturated carbocycles. The first-order chi connectivity index (χ1) is 7.86. The Kier molecular flexibility index (Phi) is 3.68. The number of carboxylic acid groups (broad SMARTS) is 1. The highest BCUT2D eigenvalue weighted by atomic mass is 16.4.